The Kier molecular flexibility index (Phi) is 8.22. The molecule has 1 atom stereocenters. The van der Waals surface area contributed by atoms with Gasteiger partial charge in [0, 0.05) is 44.0 Å². The van der Waals surface area contributed by atoms with Crippen molar-refractivity contribution in [3.8, 4) is 5.95 Å². The van der Waals surface area contributed by atoms with Crippen LogP contribution in [0.3, 0.4) is 0 Å². The van der Waals surface area contributed by atoms with Gasteiger partial charge in [0.2, 0.25) is 11.9 Å². The Labute approximate surface area is 180 Å². The molecule has 0 bridgehead atoms. The SMILES string of the molecule is CCCCCCNC(=O)CC1CCCCN1c1cc(C(C)C)nc(-n2ccnc2)n1. The summed E-state index contributed by atoms with van der Waals surface area (Å²) in [5.41, 5.74) is 1.01. The number of amides is 1. The van der Waals surface area contributed by atoms with E-state index in [4.69, 9.17) is 9.97 Å². The van der Waals surface area contributed by atoms with Crippen molar-refractivity contribution in [2.45, 2.75) is 84.1 Å². The standard InChI is InChI=1S/C23H36N6O/c1-4-5-6-8-11-25-22(30)15-19-10-7-9-13-29(19)21-16-20(18(2)3)26-23(27-21)28-14-12-24-17-28/h12,14,16-19H,4-11,13,15H2,1-3H3,(H,25,30). The van der Waals surface area contributed by atoms with Crippen molar-refractivity contribution in [2.75, 3.05) is 18.0 Å². The smallest absolute Gasteiger partial charge is 0.237 e. The highest BCUT2D eigenvalue weighted by Gasteiger charge is 2.27. The molecule has 1 N–H and O–H groups in total. The molecule has 2 aromatic heterocycles. The molecule has 3 rings (SSSR count). The minimum Gasteiger partial charge on any atom is -0.356 e. The lowest BCUT2D eigenvalue weighted by Crippen LogP contribution is -2.43. The number of anilines is 1. The summed E-state index contributed by atoms with van der Waals surface area (Å²) in [5.74, 6) is 2.00. The largest absolute Gasteiger partial charge is 0.356 e. The zero-order chi connectivity index (χ0) is 21.3. The lowest BCUT2D eigenvalue weighted by molar-refractivity contribution is -0.121. The van der Waals surface area contributed by atoms with Crippen LogP contribution >= 0.6 is 0 Å². The average molecular weight is 413 g/mol. The number of hydrogen-bond acceptors (Lipinski definition) is 5. The van der Waals surface area contributed by atoms with E-state index >= 15 is 0 Å². The first-order chi connectivity index (χ1) is 14.6. The molecule has 164 valence electrons. The van der Waals surface area contributed by atoms with E-state index in [1.54, 1.807) is 12.5 Å². The number of aromatic nitrogens is 4. The summed E-state index contributed by atoms with van der Waals surface area (Å²) in [6.45, 7) is 8.19. The fraction of sp³-hybridized carbons (Fsp3) is 0.652. The Balaban J connectivity index is 1.73. The Morgan fingerprint density at radius 3 is 2.83 bits per heavy atom. The molecule has 1 aliphatic heterocycles. The van der Waals surface area contributed by atoms with Crippen molar-refractivity contribution in [1.82, 2.24) is 24.8 Å². The van der Waals surface area contributed by atoms with Gasteiger partial charge in [-0.1, -0.05) is 40.0 Å². The van der Waals surface area contributed by atoms with Gasteiger partial charge < -0.3 is 10.2 Å². The Hall–Kier alpha value is -2.44. The maximum absolute atomic E-state index is 12.6. The zero-order valence-corrected chi connectivity index (χ0v) is 18.7. The third kappa shape index (κ3) is 6.03. The maximum Gasteiger partial charge on any atom is 0.237 e. The molecule has 1 amide bonds. The second kappa shape index (κ2) is 11.1. The van der Waals surface area contributed by atoms with Crippen LogP contribution in [-0.2, 0) is 4.79 Å². The topological polar surface area (TPSA) is 75.9 Å². The fourth-order valence-corrected chi connectivity index (χ4v) is 3.96. The molecular formula is C23H36N6O. The molecule has 3 heterocycles. The van der Waals surface area contributed by atoms with Gasteiger partial charge in [-0.05, 0) is 31.6 Å². The quantitative estimate of drug-likeness (QED) is 0.591. The van der Waals surface area contributed by atoms with E-state index in [1.807, 2.05) is 10.8 Å². The van der Waals surface area contributed by atoms with E-state index in [0.717, 1.165) is 50.3 Å². The third-order valence-corrected chi connectivity index (χ3v) is 5.74. The van der Waals surface area contributed by atoms with Crippen molar-refractivity contribution in [2.24, 2.45) is 0 Å². The maximum atomic E-state index is 12.6. The molecule has 30 heavy (non-hydrogen) atoms. The number of nitrogens with one attached hydrogen (secondary N) is 1. The van der Waals surface area contributed by atoms with Crippen LogP contribution < -0.4 is 10.2 Å². The van der Waals surface area contributed by atoms with E-state index in [1.165, 1.54) is 19.3 Å². The molecule has 1 unspecified atom stereocenters. The van der Waals surface area contributed by atoms with Crippen molar-refractivity contribution in [3.05, 3.63) is 30.5 Å². The first-order valence-electron chi connectivity index (χ1n) is 11.5. The number of carbonyl (C=O) groups is 1. The minimum atomic E-state index is 0.149. The van der Waals surface area contributed by atoms with Crippen LogP contribution in [0, 0.1) is 0 Å². The van der Waals surface area contributed by atoms with Gasteiger partial charge in [0.25, 0.3) is 0 Å². The average Bonchev–Trinajstić information content (AvgIpc) is 3.28. The summed E-state index contributed by atoms with van der Waals surface area (Å²) < 4.78 is 1.84. The van der Waals surface area contributed by atoms with Crippen LogP contribution in [0.5, 0.6) is 0 Å². The number of nitrogens with zero attached hydrogens (tertiary/aromatic N) is 5. The zero-order valence-electron chi connectivity index (χ0n) is 18.7. The lowest BCUT2D eigenvalue weighted by atomic mass is 9.98. The third-order valence-electron chi connectivity index (χ3n) is 5.74. The molecule has 0 saturated carbocycles. The van der Waals surface area contributed by atoms with Crippen molar-refractivity contribution in [3.63, 3.8) is 0 Å². The van der Waals surface area contributed by atoms with Gasteiger partial charge in [-0.15, -0.1) is 0 Å². The summed E-state index contributed by atoms with van der Waals surface area (Å²) in [6, 6.07) is 2.27. The Morgan fingerprint density at radius 2 is 2.10 bits per heavy atom. The van der Waals surface area contributed by atoms with Gasteiger partial charge in [-0.3, -0.25) is 9.36 Å². The van der Waals surface area contributed by atoms with Gasteiger partial charge >= 0.3 is 0 Å². The highest BCUT2D eigenvalue weighted by atomic mass is 16.1. The highest BCUT2D eigenvalue weighted by Crippen LogP contribution is 2.28. The summed E-state index contributed by atoms with van der Waals surface area (Å²) in [6.07, 6.45) is 13.8. The van der Waals surface area contributed by atoms with Crippen LogP contribution in [0.25, 0.3) is 5.95 Å². The normalized spacial score (nSPS) is 16.8. The molecule has 1 saturated heterocycles. The lowest BCUT2D eigenvalue weighted by Gasteiger charge is -2.36. The van der Waals surface area contributed by atoms with Crippen molar-refractivity contribution in [1.29, 1.82) is 0 Å². The predicted molar refractivity (Wildman–Crippen MR) is 120 cm³/mol. The molecule has 7 heteroatoms. The van der Waals surface area contributed by atoms with Gasteiger partial charge in [0.1, 0.15) is 12.1 Å². The van der Waals surface area contributed by atoms with E-state index < -0.39 is 0 Å². The molecule has 1 aliphatic rings. The van der Waals surface area contributed by atoms with E-state index in [9.17, 15) is 4.79 Å². The molecule has 0 aromatic carbocycles. The van der Waals surface area contributed by atoms with E-state index in [2.05, 4.69) is 42.0 Å². The molecule has 2 aromatic rings. The van der Waals surface area contributed by atoms with Crippen LogP contribution in [0.15, 0.2) is 24.8 Å². The molecule has 7 nitrogen and oxygen atoms in total. The summed E-state index contributed by atoms with van der Waals surface area (Å²) in [7, 11) is 0. The van der Waals surface area contributed by atoms with Crippen LogP contribution in [0.2, 0.25) is 0 Å². The van der Waals surface area contributed by atoms with Gasteiger partial charge in [0.15, 0.2) is 0 Å². The number of piperidine rings is 1. The first-order valence-corrected chi connectivity index (χ1v) is 11.5. The summed E-state index contributed by atoms with van der Waals surface area (Å²) >= 11 is 0. The number of unbranched alkanes of at least 4 members (excludes halogenated alkanes) is 3. The second-order valence-corrected chi connectivity index (χ2v) is 8.53. The number of imidazole rings is 1. The monoisotopic (exact) mass is 412 g/mol. The second-order valence-electron chi connectivity index (χ2n) is 8.53. The van der Waals surface area contributed by atoms with Crippen LogP contribution in [0.4, 0.5) is 5.82 Å². The number of carbonyl (C=O) groups excluding carboxylic acids is 1. The first kappa shape index (κ1) is 22.2. The minimum absolute atomic E-state index is 0.149. The molecular weight excluding hydrogens is 376 g/mol. The summed E-state index contributed by atoms with van der Waals surface area (Å²) in [5, 5.41) is 3.11. The van der Waals surface area contributed by atoms with Gasteiger partial charge in [0.05, 0.1) is 5.69 Å². The molecule has 0 radical (unpaired) electrons. The Morgan fingerprint density at radius 1 is 1.23 bits per heavy atom. The summed E-state index contributed by atoms with van der Waals surface area (Å²) in [4.78, 5) is 28.6. The van der Waals surface area contributed by atoms with Gasteiger partial charge in [-0.25, -0.2) is 9.97 Å². The van der Waals surface area contributed by atoms with E-state index in [-0.39, 0.29) is 11.9 Å². The van der Waals surface area contributed by atoms with Gasteiger partial charge in [-0.2, -0.15) is 4.98 Å². The molecule has 0 aliphatic carbocycles. The van der Waals surface area contributed by atoms with Crippen LogP contribution in [0.1, 0.15) is 83.7 Å². The van der Waals surface area contributed by atoms with Crippen LogP contribution in [-0.4, -0.2) is 44.6 Å². The van der Waals surface area contributed by atoms with E-state index in [0.29, 0.717) is 18.3 Å². The fourth-order valence-electron chi connectivity index (χ4n) is 3.96. The molecule has 1 fully saturated rings. The van der Waals surface area contributed by atoms with Crippen molar-refractivity contribution < 1.29 is 4.79 Å². The number of rotatable bonds is 10. The number of hydrogen-bond donors (Lipinski definition) is 1. The highest BCUT2D eigenvalue weighted by molar-refractivity contribution is 5.77. The van der Waals surface area contributed by atoms with Crippen molar-refractivity contribution >= 4 is 11.7 Å². The molecule has 0 spiro atoms. The Bertz CT molecular complexity index is 789. The predicted octanol–water partition coefficient (Wildman–Crippen LogP) is 4.23.